The lowest BCUT2D eigenvalue weighted by Gasteiger charge is -2.13. The monoisotopic (exact) mass is 490 g/mol. The Balaban J connectivity index is 1.44. The highest BCUT2D eigenvalue weighted by atomic mass is 35.5. The first kappa shape index (κ1) is 22.2. The van der Waals surface area contributed by atoms with Gasteiger partial charge in [0.15, 0.2) is 11.0 Å². The van der Waals surface area contributed by atoms with Crippen LogP contribution in [0.5, 0.6) is 5.75 Å². The van der Waals surface area contributed by atoms with Crippen LogP contribution in [0.4, 0.5) is 0 Å². The molecule has 0 aliphatic heterocycles. The predicted molar refractivity (Wildman–Crippen MR) is 132 cm³/mol. The summed E-state index contributed by atoms with van der Waals surface area (Å²) in [6.45, 7) is 0.380. The van der Waals surface area contributed by atoms with Crippen LogP contribution in [0.2, 0.25) is 5.02 Å². The standard InChI is InChI=1S/C25H19ClN4O3S/c1-32-19-12-6-16(7-13-19)14-30-24(31)20-4-2-3-5-21(20)27-25(30)34-15-22-28-23(33-29-22)17-8-10-18(26)11-9-17/h2-13H,14-15H2,1H3. The number of benzene rings is 3. The third-order valence-corrected chi connectivity index (χ3v) is 6.44. The number of ether oxygens (including phenoxy) is 1. The lowest BCUT2D eigenvalue weighted by atomic mass is 10.2. The van der Waals surface area contributed by atoms with Crippen LogP contribution in [0.25, 0.3) is 22.4 Å². The summed E-state index contributed by atoms with van der Waals surface area (Å²) in [6.07, 6.45) is 0. The summed E-state index contributed by atoms with van der Waals surface area (Å²) in [5.74, 6) is 2.07. The van der Waals surface area contributed by atoms with E-state index in [9.17, 15) is 4.79 Å². The number of methoxy groups -OCH3 is 1. The molecule has 9 heteroatoms. The second-order valence-electron chi connectivity index (χ2n) is 7.46. The number of nitrogens with zero attached hydrogens (tertiary/aromatic N) is 4. The van der Waals surface area contributed by atoms with Crippen molar-refractivity contribution in [1.82, 2.24) is 19.7 Å². The lowest BCUT2D eigenvalue weighted by molar-refractivity contribution is 0.414. The van der Waals surface area contributed by atoms with Gasteiger partial charge in [0, 0.05) is 10.6 Å². The van der Waals surface area contributed by atoms with Crippen molar-refractivity contribution < 1.29 is 9.26 Å². The molecule has 0 unspecified atom stereocenters. The Morgan fingerprint density at radius 3 is 2.53 bits per heavy atom. The Labute approximate surface area is 204 Å². The van der Waals surface area contributed by atoms with Crippen molar-refractivity contribution in [3.63, 3.8) is 0 Å². The van der Waals surface area contributed by atoms with E-state index in [1.807, 2.05) is 54.6 Å². The molecule has 0 bridgehead atoms. The van der Waals surface area contributed by atoms with Gasteiger partial charge in [0.05, 0.1) is 30.3 Å². The molecule has 0 aliphatic carbocycles. The molecule has 0 aliphatic rings. The average Bonchev–Trinajstić information content (AvgIpc) is 3.34. The van der Waals surface area contributed by atoms with E-state index in [-0.39, 0.29) is 5.56 Å². The van der Waals surface area contributed by atoms with E-state index in [4.69, 9.17) is 25.8 Å². The first-order chi connectivity index (χ1) is 16.6. The quantitative estimate of drug-likeness (QED) is 0.221. The molecule has 0 atom stereocenters. The SMILES string of the molecule is COc1ccc(Cn2c(SCc3noc(-c4ccc(Cl)cc4)n3)nc3ccccc3c2=O)cc1. The largest absolute Gasteiger partial charge is 0.497 e. The van der Waals surface area contributed by atoms with E-state index >= 15 is 0 Å². The topological polar surface area (TPSA) is 83.0 Å². The lowest BCUT2D eigenvalue weighted by Crippen LogP contribution is -2.24. The molecule has 3 aromatic carbocycles. The molecular formula is C25H19ClN4O3S. The van der Waals surface area contributed by atoms with Gasteiger partial charge >= 0.3 is 0 Å². The van der Waals surface area contributed by atoms with E-state index in [2.05, 4.69) is 10.1 Å². The molecule has 2 heterocycles. The van der Waals surface area contributed by atoms with Gasteiger partial charge in [-0.1, -0.05) is 52.8 Å². The maximum Gasteiger partial charge on any atom is 0.262 e. The number of hydrogen-bond acceptors (Lipinski definition) is 7. The summed E-state index contributed by atoms with van der Waals surface area (Å²) >= 11 is 7.34. The van der Waals surface area contributed by atoms with Crippen LogP contribution < -0.4 is 10.3 Å². The number of halogens is 1. The van der Waals surface area contributed by atoms with Crippen molar-refractivity contribution in [2.24, 2.45) is 0 Å². The number of fused-ring (bicyclic) bond motifs is 1. The van der Waals surface area contributed by atoms with Crippen LogP contribution in [0.3, 0.4) is 0 Å². The van der Waals surface area contributed by atoms with Gasteiger partial charge in [-0.15, -0.1) is 0 Å². The first-order valence-electron chi connectivity index (χ1n) is 10.4. The molecule has 170 valence electrons. The van der Waals surface area contributed by atoms with Gasteiger partial charge in [-0.2, -0.15) is 4.98 Å². The summed E-state index contributed by atoms with van der Waals surface area (Å²) in [7, 11) is 1.62. The van der Waals surface area contributed by atoms with Gasteiger partial charge in [0.2, 0.25) is 0 Å². The number of para-hydroxylation sites is 1. The Bertz CT molecular complexity index is 1500. The maximum atomic E-state index is 13.3. The smallest absolute Gasteiger partial charge is 0.262 e. The molecule has 7 nitrogen and oxygen atoms in total. The molecule has 0 spiro atoms. The maximum absolute atomic E-state index is 13.3. The van der Waals surface area contributed by atoms with E-state index in [1.165, 1.54) is 11.8 Å². The van der Waals surface area contributed by atoms with Crippen LogP contribution in [-0.2, 0) is 12.3 Å². The number of aromatic nitrogens is 4. The molecule has 0 radical (unpaired) electrons. The molecular weight excluding hydrogens is 472 g/mol. The number of hydrogen-bond donors (Lipinski definition) is 0. The van der Waals surface area contributed by atoms with Crippen molar-refractivity contribution in [1.29, 1.82) is 0 Å². The van der Waals surface area contributed by atoms with Gasteiger partial charge in [0.1, 0.15) is 5.75 Å². The average molecular weight is 491 g/mol. The zero-order valence-corrected chi connectivity index (χ0v) is 19.7. The first-order valence-corrected chi connectivity index (χ1v) is 11.8. The molecule has 5 rings (SSSR count). The van der Waals surface area contributed by atoms with Crippen molar-refractivity contribution in [2.45, 2.75) is 17.5 Å². The third kappa shape index (κ3) is 4.69. The summed E-state index contributed by atoms with van der Waals surface area (Å²) in [5.41, 5.74) is 2.30. The van der Waals surface area contributed by atoms with Crippen molar-refractivity contribution in [3.05, 3.63) is 99.6 Å². The van der Waals surface area contributed by atoms with Crippen LogP contribution in [0.15, 0.2) is 87.3 Å². The van der Waals surface area contributed by atoms with E-state index < -0.39 is 0 Å². The van der Waals surface area contributed by atoms with Gasteiger partial charge in [-0.25, -0.2) is 4.98 Å². The zero-order valence-electron chi connectivity index (χ0n) is 18.1. The Hall–Kier alpha value is -3.62. The van der Waals surface area contributed by atoms with E-state index in [0.29, 0.717) is 45.1 Å². The van der Waals surface area contributed by atoms with Crippen LogP contribution in [-0.4, -0.2) is 26.8 Å². The Morgan fingerprint density at radius 2 is 1.76 bits per heavy atom. The summed E-state index contributed by atoms with van der Waals surface area (Å²) in [5, 5.41) is 5.87. The molecule has 2 aromatic heterocycles. The van der Waals surface area contributed by atoms with Crippen molar-refractivity contribution >= 4 is 34.3 Å². The van der Waals surface area contributed by atoms with Crippen LogP contribution in [0, 0.1) is 0 Å². The van der Waals surface area contributed by atoms with E-state index in [0.717, 1.165) is 16.9 Å². The number of thioether (sulfide) groups is 1. The van der Waals surface area contributed by atoms with Gasteiger partial charge in [-0.05, 0) is 54.1 Å². The Morgan fingerprint density at radius 1 is 1.00 bits per heavy atom. The normalized spacial score (nSPS) is 11.1. The zero-order chi connectivity index (χ0) is 23.5. The summed E-state index contributed by atoms with van der Waals surface area (Å²) < 4.78 is 12.3. The van der Waals surface area contributed by atoms with Crippen molar-refractivity contribution in [3.8, 4) is 17.2 Å². The van der Waals surface area contributed by atoms with Gasteiger partial charge in [0.25, 0.3) is 11.4 Å². The molecule has 0 saturated heterocycles. The molecule has 0 saturated carbocycles. The second kappa shape index (κ2) is 9.70. The minimum absolute atomic E-state index is 0.0983. The summed E-state index contributed by atoms with van der Waals surface area (Å²) in [6, 6.07) is 22.2. The summed E-state index contributed by atoms with van der Waals surface area (Å²) in [4.78, 5) is 22.6. The molecule has 0 amide bonds. The second-order valence-corrected chi connectivity index (χ2v) is 8.84. The fourth-order valence-electron chi connectivity index (χ4n) is 3.46. The predicted octanol–water partition coefficient (Wildman–Crippen LogP) is 5.45. The minimum atomic E-state index is -0.0983. The molecule has 5 aromatic rings. The van der Waals surface area contributed by atoms with Crippen LogP contribution >= 0.6 is 23.4 Å². The highest BCUT2D eigenvalue weighted by Gasteiger charge is 2.15. The fourth-order valence-corrected chi connectivity index (χ4v) is 4.43. The molecule has 0 fully saturated rings. The highest BCUT2D eigenvalue weighted by molar-refractivity contribution is 7.98. The van der Waals surface area contributed by atoms with Gasteiger partial charge < -0.3 is 9.26 Å². The fraction of sp³-hybridized carbons (Fsp3) is 0.120. The number of rotatable bonds is 7. The molecule has 34 heavy (non-hydrogen) atoms. The van der Waals surface area contributed by atoms with E-state index in [1.54, 1.807) is 29.9 Å². The molecule has 0 N–H and O–H groups in total. The van der Waals surface area contributed by atoms with Crippen LogP contribution in [0.1, 0.15) is 11.4 Å². The third-order valence-electron chi connectivity index (χ3n) is 5.22. The Kier molecular flexibility index (Phi) is 6.33. The van der Waals surface area contributed by atoms with Crippen molar-refractivity contribution in [2.75, 3.05) is 7.11 Å². The minimum Gasteiger partial charge on any atom is -0.497 e. The van der Waals surface area contributed by atoms with Gasteiger partial charge in [-0.3, -0.25) is 9.36 Å². The highest BCUT2D eigenvalue weighted by Crippen LogP contribution is 2.25.